The molecule has 0 saturated heterocycles. The number of fused-ring (bicyclic) bond motifs is 5. The van der Waals surface area contributed by atoms with Gasteiger partial charge in [0.1, 0.15) is 28.8 Å². The van der Waals surface area contributed by atoms with Gasteiger partial charge in [0, 0.05) is 17.5 Å². The first kappa shape index (κ1) is 16.2. The van der Waals surface area contributed by atoms with Gasteiger partial charge in [-0.05, 0) is 18.4 Å². The second-order valence-corrected chi connectivity index (χ2v) is 7.62. The Bertz CT molecular complexity index is 1140. The predicted octanol–water partition coefficient (Wildman–Crippen LogP) is 4.77. The largest absolute Gasteiger partial charge is 0.321 e. The highest BCUT2D eigenvalue weighted by molar-refractivity contribution is 6.36. The third-order valence-electron chi connectivity index (χ3n) is 4.77. The van der Waals surface area contributed by atoms with E-state index in [0.717, 1.165) is 6.07 Å². The monoisotopic (exact) mass is 363 g/mol. The molecule has 3 heterocycles. The van der Waals surface area contributed by atoms with Crippen LogP contribution in [0.4, 0.5) is 8.78 Å². The molecule has 0 N–H and O–H groups in total. The van der Waals surface area contributed by atoms with Crippen molar-refractivity contribution >= 4 is 39.3 Å². The van der Waals surface area contributed by atoms with Gasteiger partial charge < -0.3 is 4.57 Å². The quantitative estimate of drug-likeness (QED) is 0.458. The van der Waals surface area contributed by atoms with E-state index in [9.17, 15) is 8.78 Å². The molecule has 0 saturated carbocycles. The average Bonchev–Trinajstić information content (AvgIpc) is 3.07. The van der Waals surface area contributed by atoms with Crippen LogP contribution < -0.4 is 0 Å². The first-order valence-corrected chi connectivity index (χ1v) is 8.26. The number of hydrogen-bond donors (Lipinski definition) is 0. The van der Waals surface area contributed by atoms with Crippen LogP contribution in [0.15, 0.2) is 18.5 Å². The molecular weight excluding hydrogens is 348 g/mol. The molecule has 4 aromatic rings. The zero-order valence-corrected chi connectivity index (χ0v) is 14.9. The lowest BCUT2D eigenvalue weighted by Gasteiger charge is -2.30. The van der Waals surface area contributed by atoms with Crippen LogP contribution in [0, 0.1) is 17.0 Å². The molecule has 4 rings (SSSR count). The van der Waals surface area contributed by atoms with Crippen LogP contribution in [0.3, 0.4) is 0 Å². The van der Waals surface area contributed by atoms with Gasteiger partial charge in [0.05, 0.1) is 10.9 Å². The lowest BCUT2D eigenvalue weighted by molar-refractivity contribution is 0.272. The molecule has 1 atom stereocenters. The van der Waals surface area contributed by atoms with Gasteiger partial charge in [-0.25, -0.2) is 8.78 Å². The van der Waals surface area contributed by atoms with Crippen LogP contribution in [0.25, 0.3) is 27.7 Å². The third-order valence-corrected chi connectivity index (χ3v) is 5.04. The standard InChI is InChI=1S/C17H16ClF2N5/c1-8(17(2,3)4)24-11-6-9(19)5-10(20)12(11)13-14(18)23-16-21-7-22-25(16)15(13)24/h5-8H,1-4H3. The van der Waals surface area contributed by atoms with E-state index in [4.69, 9.17) is 11.6 Å². The van der Waals surface area contributed by atoms with E-state index in [1.54, 1.807) is 0 Å². The van der Waals surface area contributed by atoms with Crippen molar-refractivity contribution in [3.05, 3.63) is 35.2 Å². The van der Waals surface area contributed by atoms with Crippen molar-refractivity contribution in [3.63, 3.8) is 0 Å². The van der Waals surface area contributed by atoms with Crippen molar-refractivity contribution in [2.75, 3.05) is 0 Å². The number of rotatable bonds is 1. The van der Waals surface area contributed by atoms with Crippen molar-refractivity contribution in [3.8, 4) is 0 Å². The summed E-state index contributed by atoms with van der Waals surface area (Å²) in [6, 6.07) is 2.08. The number of hydrogen-bond acceptors (Lipinski definition) is 3. The fourth-order valence-corrected chi connectivity index (χ4v) is 3.39. The lowest BCUT2D eigenvalue weighted by atomic mass is 9.88. The van der Waals surface area contributed by atoms with Crippen LogP contribution in [0.2, 0.25) is 5.15 Å². The van der Waals surface area contributed by atoms with Crippen molar-refractivity contribution in [1.82, 2.24) is 24.1 Å². The van der Waals surface area contributed by atoms with Crippen LogP contribution in [-0.2, 0) is 0 Å². The highest BCUT2D eigenvalue weighted by atomic mass is 35.5. The Morgan fingerprint density at radius 1 is 1.16 bits per heavy atom. The molecule has 130 valence electrons. The molecule has 0 spiro atoms. The maximum atomic E-state index is 14.7. The van der Waals surface area contributed by atoms with Gasteiger partial charge in [0.15, 0.2) is 0 Å². The molecule has 0 aliphatic carbocycles. The molecule has 0 amide bonds. The Balaban J connectivity index is 2.34. The predicted molar refractivity (Wildman–Crippen MR) is 92.9 cm³/mol. The SMILES string of the molecule is CC(n1c2cc(F)cc(F)c2c2c(Cl)nc3ncnn3c21)C(C)(C)C. The summed E-state index contributed by atoms with van der Waals surface area (Å²) in [6.45, 7) is 8.18. The Morgan fingerprint density at radius 2 is 1.88 bits per heavy atom. The molecule has 0 radical (unpaired) electrons. The Kier molecular flexibility index (Phi) is 3.31. The summed E-state index contributed by atoms with van der Waals surface area (Å²) in [5.41, 5.74) is 0.792. The van der Waals surface area contributed by atoms with E-state index < -0.39 is 11.6 Å². The van der Waals surface area contributed by atoms with Gasteiger partial charge >= 0.3 is 0 Å². The topological polar surface area (TPSA) is 48.0 Å². The maximum absolute atomic E-state index is 14.7. The number of benzene rings is 1. The molecule has 5 nitrogen and oxygen atoms in total. The van der Waals surface area contributed by atoms with E-state index in [1.165, 1.54) is 16.9 Å². The third kappa shape index (κ3) is 2.22. The fraction of sp³-hybridized carbons (Fsp3) is 0.353. The minimum atomic E-state index is -0.678. The molecule has 0 fully saturated rings. The van der Waals surface area contributed by atoms with Crippen molar-refractivity contribution in [2.24, 2.45) is 5.41 Å². The van der Waals surface area contributed by atoms with Gasteiger partial charge in [0.2, 0.25) is 0 Å². The second kappa shape index (κ2) is 5.11. The lowest BCUT2D eigenvalue weighted by Crippen LogP contribution is -2.22. The molecule has 1 unspecified atom stereocenters. The summed E-state index contributed by atoms with van der Waals surface area (Å²) in [5.74, 6) is -1.01. The zero-order chi connectivity index (χ0) is 18.1. The molecule has 25 heavy (non-hydrogen) atoms. The molecule has 8 heteroatoms. The van der Waals surface area contributed by atoms with Crippen LogP contribution in [0.1, 0.15) is 33.7 Å². The van der Waals surface area contributed by atoms with Gasteiger partial charge in [-0.3, -0.25) is 0 Å². The van der Waals surface area contributed by atoms with Gasteiger partial charge in [-0.1, -0.05) is 32.4 Å². The maximum Gasteiger partial charge on any atom is 0.255 e. The number of aromatic nitrogens is 5. The van der Waals surface area contributed by atoms with Crippen LogP contribution in [0.5, 0.6) is 0 Å². The average molecular weight is 364 g/mol. The first-order valence-electron chi connectivity index (χ1n) is 7.88. The van der Waals surface area contributed by atoms with E-state index in [-0.39, 0.29) is 22.0 Å². The highest BCUT2D eigenvalue weighted by Gasteiger charge is 2.29. The Morgan fingerprint density at radius 3 is 2.56 bits per heavy atom. The summed E-state index contributed by atoms with van der Waals surface area (Å²) < 4.78 is 32.0. The highest BCUT2D eigenvalue weighted by Crippen LogP contribution is 2.41. The van der Waals surface area contributed by atoms with Crippen LogP contribution in [-0.4, -0.2) is 24.1 Å². The van der Waals surface area contributed by atoms with E-state index >= 15 is 0 Å². The van der Waals surface area contributed by atoms with Gasteiger partial charge in [-0.15, -0.1) is 0 Å². The first-order chi connectivity index (χ1) is 11.7. The second-order valence-electron chi connectivity index (χ2n) is 7.27. The van der Waals surface area contributed by atoms with E-state index in [1.807, 2.05) is 11.5 Å². The minimum absolute atomic E-state index is 0.0976. The normalized spacial score (nSPS) is 14.0. The molecule has 1 aromatic carbocycles. The van der Waals surface area contributed by atoms with Gasteiger partial charge in [-0.2, -0.15) is 19.6 Å². The van der Waals surface area contributed by atoms with Gasteiger partial charge in [0.25, 0.3) is 5.78 Å². The van der Waals surface area contributed by atoms with Crippen molar-refractivity contribution in [2.45, 2.75) is 33.7 Å². The molecule has 0 aliphatic rings. The summed E-state index contributed by atoms with van der Waals surface area (Å²) in [7, 11) is 0. The molecular formula is C17H16ClF2N5. The fourth-order valence-electron chi connectivity index (χ4n) is 3.13. The van der Waals surface area contributed by atoms with E-state index in [0.29, 0.717) is 22.3 Å². The summed E-state index contributed by atoms with van der Waals surface area (Å²) in [5, 5.41) is 4.97. The molecule has 0 bridgehead atoms. The van der Waals surface area contributed by atoms with Crippen LogP contribution >= 0.6 is 11.6 Å². The van der Waals surface area contributed by atoms with E-state index in [2.05, 4.69) is 35.8 Å². The summed E-state index contributed by atoms with van der Waals surface area (Å²) in [4.78, 5) is 8.27. The Labute approximate surface area is 147 Å². The Hall–Kier alpha value is -2.28. The zero-order valence-electron chi connectivity index (χ0n) is 14.2. The molecule has 0 aliphatic heterocycles. The summed E-state index contributed by atoms with van der Waals surface area (Å²) in [6.07, 6.45) is 1.36. The minimum Gasteiger partial charge on any atom is -0.321 e. The molecule has 3 aromatic heterocycles. The number of nitrogens with zero attached hydrogens (tertiary/aromatic N) is 5. The summed E-state index contributed by atoms with van der Waals surface area (Å²) >= 11 is 6.35. The number of halogens is 3. The van der Waals surface area contributed by atoms with Crippen molar-refractivity contribution in [1.29, 1.82) is 0 Å². The van der Waals surface area contributed by atoms with Crippen molar-refractivity contribution < 1.29 is 8.78 Å². The smallest absolute Gasteiger partial charge is 0.255 e.